The van der Waals surface area contributed by atoms with Crippen molar-refractivity contribution in [3.63, 3.8) is 0 Å². The second-order valence-electron chi connectivity index (χ2n) is 10.5. The summed E-state index contributed by atoms with van der Waals surface area (Å²) in [6.07, 6.45) is 5.18. The topological polar surface area (TPSA) is 83.1 Å². The molecule has 0 saturated carbocycles. The number of carbonyl (C=O) groups is 1. The average Bonchev–Trinajstić information content (AvgIpc) is 3.04. The van der Waals surface area contributed by atoms with Gasteiger partial charge in [0, 0.05) is 68.8 Å². The Balaban J connectivity index is 1.18. The van der Waals surface area contributed by atoms with Gasteiger partial charge >= 0.3 is 0 Å². The van der Waals surface area contributed by atoms with Gasteiger partial charge in [-0.25, -0.2) is 4.98 Å². The van der Waals surface area contributed by atoms with Gasteiger partial charge in [0.2, 0.25) is 5.91 Å². The van der Waals surface area contributed by atoms with E-state index in [-0.39, 0.29) is 12.0 Å². The Morgan fingerprint density at radius 2 is 1.95 bits per heavy atom. The Morgan fingerprint density at radius 3 is 2.68 bits per heavy atom. The van der Waals surface area contributed by atoms with Crippen molar-refractivity contribution in [1.29, 1.82) is 0 Å². The van der Waals surface area contributed by atoms with Crippen molar-refractivity contribution in [3.05, 3.63) is 47.9 Å². The van der Waals surface area contributed by atoms with E-state index in [1.165, 1.54) is 6.08 Å². The third-order valence-electron chi connectivity index (χ3n) is 8.23. The normalized spacial score (nSPS) is 22.7. The number of aromatic nitrogens is 2. The van der Waals surface area contributed by atoms with Gasteiger partial charge < -0.3 is 24.6 Å². The average molecular weight is 505 g/mol. The number of likely N-dealkylation sites (tertiary alicyclic amines) is 2. The summed E-state index contributed by atoms with van der Waals surface area (Å²) in [6, 6.07) is 4.77. The minimum atomic E-state index is -0.153. The minimum Gasteiger partial charge on any atom is -0.482 e. The maximum atomic E-state index is 11.9. The first-order chi connectivity index (χ1) is 18.0. The van der Waals surface area contributed by atoms with Gasteiger partial charge in [-0.2, -0.15) is 0 Å². The summed E-state index contributed by atoms with van der Waals surface area (Å²) in [5, 5.41) is 3.60. The van der Waals surface area contributed by atoms with Crippen molar-refractivity contribution in [2.24, 2.45) is 0 Å². The molecule has 3 fully saturated rings. The molecule has 3 saturated heterocycles. The third-order valence-corrected chi connectivity index (χ3v) is 8.23. The summed E-state index contributed by atoms with van der Waals surface area (Å²) < 4.78 is 12.1. The van der Waals surface area contributed by atoms with Gasteiger partial charge in [0.1, 0.15) is 11.9 Å². The van der Waals surface area contributed by atoms with Gasteiger partial charge in [0.05, 0.1) is 30.2 Å². The second-order valence-corrected chi connectivity index (χ2v) is 10.5. The van der Waals surface area contributed by atoms with Crippen LogP contribution >= 0.6 is 0 Å². The van der Waals surface area contributed by atoms with E-state index in [4.69, 9.17) is 19.4 Å². The van der Waals surface area contributed by atoms with Crippen molar-refractivity contribution in [2.45, 2.75) is 44.8 Å². The molecule has 9 nitrogen and oxygen atoms in total. The minimum absolute atomic E-state index is 0.0433. The van der Waals surface area contributed by atoms with Crippen LogP contribution in [0.1, 0.15) is 48.7 Å². The number of aryl methyl sites for hydroxylation is 1. The number of rotatable bonds is 4. The molecule has 0 radical (unpaired) electrons. The van der Waals surface area contributed by atoms with Crippen LogP contribution < -0.4 is 15.0 Å². The van der Waals surface area contributed by atoms with E-state index >= 15 is 0 Å². The second kappa shape index (κ2) is 9.95. The quantitative estimate of drug-likeness (QED) is 0.635. The summed E-state index contributed by atoms with van der Waals surface area (Å²) in [6.45, 7) is 14.5. The Kier molecular flexibility index (Phi) is 6.50. The maximum Gasteiger partial charge on any atom is 0.245 e. The Bertz CT molecular complexity index is 1180. The molecule has 4 aliphatic rings. The molecule has 1 amide bonds. The number of amides is 1. The van der Waals surface area contributed by atoms with Crippen LogP contribution in [0.3, 0.4) is 0 Å². The van der Waals surface area contributed by atoms with E-state index in [1.807, 2.05) is 18.0 Å². The highest BCUT2D eigenvalue weighted by Gasteiger charge is 2.37. The zero-order valence-corrected chi connectivity index (χ0v) is 21.8. The standard InChI is InChI=1S/C28H36N6O3/c1-4-25(35)33-9-6-21(7-10-33)34-16-20(17-34)22-15-23-27(18(2)30-22)37-19(3)26-24(5-8-29-28(26)31-23)32-11-13-36-14-12-32/h4-5,8,15,19-21H,1,6-7,9-14,16-17H2,2-3H3,(H,29,31)/t19-/m1/s1. The molecule has 37 heavy (non-hydrogen) atoms. The first-order valence-electron chi connectivity index (χ1n) is 13.4. The predicted molar refractivity (Wildman–Crippen MR) is 143 cm³/mol. The first-order valence-corrected chi connectivity index (χ1v) is 13.4. The fourth-order valence-electron chi connectivity index (χ4n) is 6.12. The zero-order chi connectivity index (χ0) is 25.5. The highest BCUT2D eigenvalue weighted by Crippen LogP contribution is 2.44. The van der Waals surface area contributed by atoms with Crippen molar-refractivity contribution in [1.82, 2.24) is 19.8 Å². The first kappa shape index (κ1) is 24.2. The van der Waals surface area contributed by atoms with Crippen LogP contribution in [0.15, 0.2) is 31.0 Å². The van der Waals surface area contributed by atoms with Crippen LogP contribution in [0.2, 0.25) is 0 Å². The largest absolute Gasteiger partial charge is 0.482 e. The Labute approximate surface area is 218 Å². The van der Waals surface area contributed by atoms with E-state index in [1.54, 1.807) is 0 Å². The summed E-state index contributed by atoms with van der Waals surface area (Å²) in [4.78, 5) is 28.4. The molecule has 2 aromatic heterocycles. The van der Waals surface area contributed by atoms with Crippen molar-refractivity contribution >= 4 is 23.1 Å². The molecular formula is C28H36N6O3. The number of morpholine rings is 1. The maximum absolute atomic E-state index is 11.9. The number of fused-ring (bicyclic) bond motifs is 2. The molecular weight excluding hydrogens is 468 g/mol. The molecule has 9 heteroatoms. The van der Waals surface area contributed by atoms with Crippen molar-refractivity contribution in [2.75, 3.05) is 62.7 Å². The van der Waals surface area contributed by atoms with Crippen LogP contribution in [-0.4, -0.2) is 84.2 Å². The Hall–Kier alpha value is -3.17. The van der Waals surface area contributed by atoms with Crippen LogP contribution in [0, 0.1) is 6.92 Å². The van der Waals surface area contributed by atoms with Crippen LogP contribution in [0.4, 0.5) is 17.2 Å². The van der Waals surface area contributed by atoms with Crippen LogP contribution in [-0.2, 0) is 9.53 Å². The summed E-state index contributed by atoms with van der Waals surface area (Å²) in [7, 11) is 0. The van der Waals surface area contributed by atoms with E-state index < -0.39 is 0 Å². The SMILES string of the molecule is C=CC(=O)N1CCC(N2CC(c3cc4c(c(C)n3)O[C@H](C)c3c(N5CCOCC5)ccnc3N4)C2)CC1. The molecule has 0 spiro atoms. The van der Waals surface area contributed by atoms with Crippen molar-refractivity contribution < 1.29 is 14.3 Å². The number of hydrogen-bond donors (Lipinski definition) is 1. The predicted octanol–water partition coefficient (Wildman–Crippen LogP) is 3.39. The molecule has 2 aromatic rings. The number of nitrogens with zero attached hydrogens (tertiary/aromatic N) is 5. The molecule has 0 aliphatic carbocycles. The molecule has 6 heterocycles. The number of piperidine rings is 1. The molecule has 196 valence electrons. The molecule has 6 rings (SSSR count). The van der Waals surface area contributed by atoms with E-state index in [0.717, 1.165) is 105 Å². The van der Waals surface area contributed by atoms with E-state index in [0.29, 0.717) is 12.0 Å². The highest BCUT2D eigenvalue weighted by atomic mass is 16.5. The van der Waals surface area contributed by atoms with Gasteiger partial charge in [-0.05, 0) is 44.9 Å². The van der Waals surface area contributed by atoms with Gasteiger partial charge in [0.15, 0.2) is 5.75 Å². The number of carbonyl (C=O) groups excluding carboxylic acids is 1. The number of hydrogen-bond acceptors (Lipinski definition) is 8. The monoisotopic (exact) mass is 504 g/mol. The van der Waals surface area contributed by atoms with Gasteiger partial charge in [-0.15, -0.1) is 0 Å². The summed E-state index contributed by atoms with van der Waals surface area (Å²) in [5.41, 5.74) is 5.18. The molecule has 1 atom stereocenters. The van der Waals surface area contributed by atoms with Crippen molar-refractivity contribution in [3.8, 4) is 5.75 Å². The lowest BCUT2D eigenvalue weighted by Crippen LogP contribution is -2.54. The van der Waals surface area contributed by atoms with E-state index in [9.17, 15) is 4.79 Å². The molecule has 1 N–H and O–H groups in total. The lowest BCUT2D eigenvalue weighted by atomic mass is 9.90. The van der Waals surface area contributed by atoms with Crippen LogP contribution in [0.5, 0.6) is 5.75 Å². The number of nitrogens with one attached hydrogen (secondary N) is 1. The van der Waals surface area contributed by atoms with E-state index in [2.05, 4.69) is 40.8 Å². The number of ether oxygens (including phenoxy) is 2. The molecule has 0 unspecified atom stereocenters. The summed E-state index contributed by atoms with van der Waals surface area (Å²) in [5.74, 6) is 2.09. The lowest BCUT2D eigenvalue weighted by Gasteiger charge is -2.47. The zero-order valence-electron chi connectivity index (χ0n) is 21.8. The van der Waals surface area contributed by atoms with Gasteiger partial charge in [-0.3, -0.25) is 14.7 Å². The Morgan fingerprint density at radius 1 is 1.19 bits per heavy atom. The summed E-state index contributed by atoms with van der Waals surface area (Å²) >= 11 is 0. The highest BCUT2D eigenvalue weighted by molar-refractivity contribution is 5.87. The third kappa shape index (κ3) is 4.55. The van der Waals surface area contributed by atoms with Gasteiger partial charge in [0.25, 0.3) is 0 Å². The van der Waals surface area contributed by atoms with Gasteiger partial charge in [-0.1, -0.05) is 6.58 Å². The molecule has 0 aromatic carbocycles. The fraction of sp³-hybridized carbons (Fsp3) is 0.536. The number of pyridine rings is 2. The number of anilines is 3. The fourth-order valence-corrected chi connectivity index (χ4v) is 6.12. The molecule has 4 aliphatic heterocycles. The lowest BCUT2D eigenvalue weighted by molar-refractivity contribution is -0.127. The smallest absolute Gasteiger partial charge is 0.245 e. The molecule has 0 bridgehead atoms. The van der Waals surface area contributed by atoms with Crippen LogP contribution in [0.25, 0.3) is 0 Å².